The number of nitrogens with zero attached hydrogens (tertiary/aromatic N) is 1. The van der Waals surface area contributed by atoms with Gasteiger partial charge in [-0.3, -0.25) is 4.99 Å². The molecule has 0 bridgehead atoms. The molecule has 0 saturated carbocycles. The van der Waals surface area contributed by atoms with Crippen molar-refractivity contribution in [3.05, 3.63) is 12.3 Å². The van der Waals surface area contributed by atoms with E-state index in [-0.39, 0.29) is 0 Å². The van der Waals surface area contributed by atoms with Crippen molar-refractivity contribution in [3.8, 4) is 0 Å². The third kappa shape index (κ3) is 5.76. The fraction of sp³-hybridized carbons (Fsp3) is 0.500. The summed E-state index contributed by atoms with van der Waals surface area (Å²) in [5.74, 6) is 1.08. The largest absolute Gasteiger partial charge is 0.255 e. The summed E-state index contributed by atoms with van der Waals surface area (Å²) in [4.78, 5) is 3.96. The van der Waals surface area contributed by atoms with Crippen LogP contribution in [0, 0.1) is 0 Å². The van der Waals surface area contributed by atoms with E-state index < -0.39 is 0 Å². The minimum atomic E-state index is 0.867. The lowest BCUT2D eigenvalue weighted by Gasteiger charge is -1.83. The number of hydrogen-bond acceptors (Lipinski definition) is 2. The van der Waals surface area contributed by atoms with E-state index in [1.807, 2.05) is 12.5 Å². The molecule has 1 nitrogen and oxygen atoms in total. The Labute approximate surface area is 54.9 Å². The van der Waals surface area contributed by atoms with Gasteiger partial charge in [0, 0.05) is 5.70 Å². The summed E-state index contributed by atoms with van der Waals surface area (Å²) in [5.41, 5.74) is 2.69. The molecule has 0 aliphatic rings. The molecule has 0 saturated heterocycles. The van der Waals surface area contributed by atoms with Crippen molar-refractivity contribution in [1.82, 2.24) is 0 Å². The number of rotatable bonds is 3. The quantitative estimate of drug-likeness (QED) is 0.420. The SMILES string of the molecule is C=C(C)/N=C\SCC. The van der Waals surface area contributed by atoms with Gasteiger partial charge in [-0.05, 0) is 12.7 Å². The van der Waals surface area contributed by atoms with E-state index in [0.29, 0.717) is 0 Å². The minimum Gasteiger partial charge on any atom is -0.255 e. The molecule has 0 aromatic heterocycles. The summed E-state index contributed by atoms with van der Waals surface area (Å²) >= 11 is 1.68. The lowest BCUT2D eigenvalue weighted by molar-refractivity contribution is 1.35. The molecule has 0 aromatic rings. The fourth-order valence-corrected chi connectivity index (χ4v) is 0.605. The van der Waals surface area contributed by atoms with Crippen molar-refractivity contribution in [2.45, 2.75) is 13.8 Å². The monoisotopic (exact) mass is 129 g/mol. The molecule has 0 radical (unpaired) electrons. The van der Waals surface area contributed by atoms with Crippen LogP contribution in [0.4, 0.5) is 0 Å². The Kier molecular flexibility index (Phi) is 4.76. The maximum atomic E-state index is 3.96. The minimum absolute atomic E-state index is 0.867. The van der Waals surface area contributed by atoms with Gasteiger partial charge in [-0.15, -0.1) is 11.8 Å². The summed E-state index contributed by atoms with van der Waals surface area (Å²) in [6.45, 7) is 7.59. The first-order valence-electron chi connectivity index (χ1n) is 2.57. The topological polar surface area (TPSA) is 12.4 Å². The Balaban J connectivity index is 3.20. The molecule has 0 heterocycles. The maximum absolute atomic E-state index is 3.96. The average molecular weight is 129 g/mol. The zero-order chi connectivity index (χ0) is 6.41. The average Bonchev–Trinajstić information content (AvgIpc) is 1.66. The van der Waals surface area contributed by atoms with Crippen molar-refractivity contribution in [1.29, 1.82) is 0 Å². The molecule has 0 aliphatic heterocycles. The van der Waals surface area contributed by atoms with Gasteiger partial charge >= 0.3 is 0 Å². The van der Waals surface area contributed by atoms with E-state index in [2.05, 4.69) is 18.5 Å². The van der Waals surface area contributed by atoms with Crippen LogP contribution in [0.3, 0.4) is 0 Å². The van der Waals surface area contributed by atoms with Crippen LogP contribution in [-0.4, -0.2) is 11.3 Å². The lowest BCUT2D eigenvalue weighted by Crippen LogP contribution is -1.67. The van der Waals surface area contributed by atoms with Crippen molar-refractivity contribution >= 4 is 17.3 Å². The first kappa shape index (κ1) is 7.76. The molecule has 0 atom stereocenters. The molecule has 0 N–H and O–H groups in total. The molecule has 0 aromatic carbocycles. The zero-order valence-electron chi connectivity index (χ0n) is 5.35. The second-order valence-electron chi connectivity index (χ2n) is 1.43. The van der Waals surface area contributed by atoms with E-state index in [9.17, 15) is 0 Å². The summed E-state index contributed by atoms with van der Waals surface area (Å²) in [5, 5.41) is 0. The highest BCUT2D eigenvalue weighted by atomic mass is 32.2. The van der Waals surface area contributed by atoms with Gasteiger partial charge in [-0.2, -0.15) is 0 Å². The normalized spacial score (nSPS) is 10.2. The Morgan fingerprint density at radius 2 is 2.50 bits per heavy atom. The number of aliphatic imine (C=N–C) groups is 1. The van der Waals surface area contributed by atoms with Gasteiger partial charge in [0.15, 0.2) is 0 Å². The molecule has 46 valence electrons. The number of hydrogen-bond donors (Lipinski definition) is 0. The van der Waals surface area contributed by atoms with Crippen LogP contribution in [0.15, 0.2) is 17.3 Å². The van der Waals surface area contributed by atoms with Crippen LogP contribution >= 0.6 is 11.8 Å². The highest BCUT2D eigenvalue weighted by molar-refractivity contribution is 8.12. The smallest absolute Gasteiger partial charge is 0.0599 e. The first-order valence-corrected chi connectivity index (χ1v) is 3.62. The van der Waals surface area contributed by atoms with Crippen molar-refractivity contribution in [2.24, 2.45) is 4.99 Å². The number of allylic oxidation sites excluding steroid dienone is 1. The molecule has 0 unspecified atom stereocenters. The third-order valence-electron chi connectivity index (χ3n) is 0.514. The van der Waals surface area contributed by atoms with Crippen LogP contribution in [0.5, 0.6) is 0 Å². The Hall–Kier alpha value is -0.240. The molecule has 2 heteroatoms. The highest BCUT2D eigenvalue weighted by Crippen LogP contribution is 1.95. The fourth-order valence-electron chi connectivity index (χ4n) is 0.202. The van der Waals surface area contributed by atoms with E-state index in [0.717, 1.165) is 11.4 Å². The molecule has 0 amide bonds. The van der Waals surface area contributed by atoms with Crippen LogP contribution < -0.4 is 0 Å². The first-order chi connectivity index (χ1) is 3.77. The predicted molar refractivity (Wildman–Crippen MR) is 41.4 cm³/mol. The molecule has 0 aliphatic carbocycles. The molecule has 8 heavy (non-hydrogen) atoms. The molecule has 0 fully saturated rings. The van der Waals surface area contributed by atoms with Crippen LogP contribution in [0.25, 0.3) is 0 Å². The number of thioether (sulfide) groups is 1. The summed E-state index contributed by atoms with van der Waals surface area (Å²) in [7, 11) is 0. The second-order valence-corrected chi connectivity index (χ2v) is 2.55. The summed E-state index contributed by atoms with van der Waals surface area (Å²) in [6.07, 6.45) is 0. The molecular formula is C6H11NS. The van der Waals surface area contributed by atoms with Gasteiger partial charge in [0.1, 0.15) is 0 Å². The van der Waals surface area contributed by atoms with Crippen LogP contribution in [0.1, 0.15) is 13.8 Å². The Bertz CT molecular complexity index is 96.7. The standard InChI is InChI=1S/C6H11NS/c1-4-8-5-7-6(2)3/h5H,2,4H2,1,3H3/b7-5-. The van der Waals surface area contributed by atoms with Gasteiger partial charge in [0.25, 0.3) is 0 Å². The van der Waals surface area contributed by atoms with Gasteiger partial charge in [0.2, 0.25) is 0 Å². The van der Waals surface area contributed by atoms with E-state index in [1.54, 1.807) is 11.8 Å². The van der Waals surface area contributed by atoms with Gasteiger partial charge in [0.05, 0.1) is 5.55 Å². The Morgan fingerprint density at radius 1 is 1.88 bits per heavy atom. The lowest BCUT2D eigenvalue weighted by atomic mass is 10.6. The van der Waals surface area contributed by atoms with Crippen molar-refractivity contribution < 1.29 is 0 Å². The molecular weight excluding hydrogens is 118 g/mol. The Morgan fingerprint density at radius 3 is 2.88 bits per heavy atom. The van der Waals surface area contributed by atoms with E-state index >= 15 is 0 Å². The third-order valence-corrected chi connectivity index (χ3v) is 1.10. The van der Waals surface area contributed by atoms with E-state index in [1.165, 1.54) is 0 Å². The van der Waals surface area contributed by atoms with Crippen molar-refractivity contribution in [2.75, 3.05) is 5.75 Å². The predicted octanol–water partition coefficient (Wildman–Crippen LogP) is 2.30. The van der Waals surface area contributed by atoms with Gasteiger partial charge in [-0.1, -0.05) is 13.5 Å². The van der Waals surface area contributed by atoms with Crippen molar-refractivity contribution in [3.63, 3.8) is 0 Å². The van der Waals surface area contributed by atoms with Crippen LogP contribution in [0.2, 0.25) is 0 Å². The van der Waals surface area contributed by atoms with Crippen LogP contribution in [-0.2, 0) is 0 Å². The molecule has 0 spiro atoms. The van der Waals surface area contributed by atoms with E-state index in [4.69, 9.17) is 0 Å². The van der Waals surface area contributed by atoms with Gasteiger partial charge < -0.3 is 0 Å². The maximum Gasteiger partial charge on any atom is 0.0599 e. The second kappa shape index (κ2) is 4.91. The summed E-state index contributed by atoms with van der Waals surface area (Å²) < 4.78 is 0. The zero-order valence-corrected chi connectivity index (χ0v) is 6.16. The van der Waals surface area contributed by atoms with Gasteiger partial charge in [-0.25, -0.2) is 0 Å². The highest BCUT2D eigenvalue weighted by Gasteiger charge is 1.73. The molecule has 0 rings (SSSR count). The summed E-state index contributed by atoms with van der Waals surface area (Å²) in [6, 6.07) is 0.